The molecule has 0 aliphatic carbocycles. The van der Waals surface area contributed by atoms with Gasteiger partial charge in [0, 0.05) is 16.3 Å². The van der Waals surface area contributed by atoms with Crippen molar-refractivity contribution in [3.05, 3.63) is 36.4 Å². The zero-order chi connectivity index (χ0) is 16.9. The number of unbranched alkanes of at least 4 members (excludes halogenated alkanes) is 2. The summed E-state index contributed by atoms with van der Waals surface area (Å²) in [7, 11) is 0. The van der Waals surface area contributed by atoms with Crippen LogP contribution >= 0.6 is 11.8 Å². The number of benzene rings is 2. The van der Waals surface area contributed by atoms with Crippen LogP contribution in [-0.4, -0.2) is 16.5 Å². The Morgan fingerprint density at radius 2 is 1.74 bits per heavy atom. The predicted octanol–water partition coefficient (Wildman–Crippen LogP) is 6.05. The molecule has 2 aromatic rings. The number of thioether (sulfide) groups is 1. The number of carbonyl (C=O) groups excluding carboxylic acids is 1. The molecule has 0 atom stereocenters. The topological polar surface area (TPSA) is 30.6 Å². The fourth-order valence-electron chi connectivity index (χ4n) is 2.25. The van der Waals surface area contributed by atoms with Crippen LogP contribution in [0.25, 0.3) is 10.8 Å². The van der Waals surface area contributed by atoms with Crippen molar-refractivity contribution in [1.82, 2.24) is 0 Å². The van der Waals surface area contributed by atoms with Crippen molar-refractivity contribution in [3.63, 3.8) is 0 Å². The zero-order valence-electron chi connectivity index (χ0n) is 14.6. The Balaban J connectivity index is 2.26. The zero-order valence-corrected chi connectivity index (χ0v) is 15.4. The highest BCUT2D eigenvalue weighted by molar-refractivity contribution is 7.99. The highest BCUT2D eigenvalue weighted by atomic mass is 32.2. The summed E-state index contributed by atoms with van der Waals surface area (Å²) in [5, 5.41) is 2.23. The lowest BCUT2D eigenvalue weighted by Gasteiger charge is -2.11. The Labute approximate surface area is 143 Å². The fourth-order valence-corrected chi connectivity index (χ4v) is 3.32. The second kappa shape index (κ2) is 7.87. The van der Waals surface area contributed by atoms with Crippen LogP contribution in [-0.2, 0) is 0 Å². The van der Waals surface area contributed by atoms with E-state index in [9.17, 15) is 4.79 Å². The minimum atomic E-state index is -0.394. The third kappa shape index (κ3) is 4.74. The van der Waals surface area contributed by atoms with Gasteiger partial charge in [0.15, 0.2) is 0 Å². The maximum absolute atomic E-state index is 10.2. The summed E-state index contributed by atoms with van der Waals surface area (Å²) in [5.41, 5.74) is -0.394. The Hall–Kier alpha value is -1.48. The van der Waals surface area contributed by atoms with Gasteiger partial charge in [-0.2, -0.15) is 0 Å². The first-order valence-electron chi connectivity index (χ1n) is 8.32. The molecule has 0 aliphatic rings. The molecular formula is C20H27O2S+. The van der Waals surface area contributed by atoms with Crippen molar-refractivity contribution in [2.24, 2.45) is 5.41 Å². The molecule has 0 fully saturated rings. The number of hydrogen-bond acceptors (Lipinski definition) is 2. The smallest absolute Gasteiger partial charge is 0.338 e. The van der Waals surface area contributed by atoms with E-state index in [0.717, 1.165) is 11.1 Å². The Kier molecular flexibility index (Phi) is 6.11. The molecule has 1 N–H and O–H groups in total. The number of ether oxygens (including phenoxy) is 1. The maximum atomic E-state index is 10.2. The summed E-state index contributed by atoms with van der Waals surface area (Å²) in [6.07, 6.45) is 3.77. The average Bonchev–Trinajstić information content (AvgIpc) is 2.52. The van der Waals surface area contributed by atoms with Crippen LogP contribution in [0.15, 0.2) is 41.3 Å². The van der Waals surface area contributed by atoms with E-state index < -0.39 is 5.41 Å². The molecule has 2 aromatic carbocycles. The molecule has 0 saturated carbocycles. The molecule has 0 radical (unpaired) electrons. The molecule has 0 aromatic heterocycles. The average molecular weight is 332 g/mol. The first-order valence-corrected chi connectivity index (χ1v) is 9.31. The first kappa shape index (κ1) is 17.9. The molecule has 0 bridgehead atoms. The second-order valence-electron chi connectivity index (χ2n) is 6.82. The SMILES string of the molecule is CCCCCSc1ccc(OC(=[OH+])C(C)(C)C)c2ccccc12. The lowest BCUT2D eigenvalue weighted by atomic mass is 9.97. The van der Waals surface area contributed by atoms with E-state index in [1.165, 1.54) is 29.5 Å². The number of rotatable bonds is 6. The predicted molar refractivity (Wildman–Crippen MR) is 101 cm³/mol. The van der Waals surface area contributed by atoms with Crippen molar-refractivity contribution in [1.29, 1.82) is 0 Å². The van der Waals surface area contributed by atoms with Gasteiger partial charge in [-0.05, 0) is 45.1 Å². The molecule has 0 spiro atoms. The summed E-state index contributed by atoms with van der Waals surface area (Å²) in [5.74, 6) is 1.90. The number of hydrogen-bond donors (Lipinski definition) is 0. The van der Waals surface area contributed by atoms with Gasteiger partial charge in [-0.25, -0.2) is 0 Å². The van der Waals surface area contributed by atoms with E-state index in [2.05, 4.69) is 31.2 Å². The van der Waals surface area contributed by atoms with E-state index in [1.807, 2.05) is 44.7 Å². The Morgan fingerprint density at radius 1 is 1.04 bits per heavy atom. The van der Waals surface area contributed by atoms with Crippen LogP contribution in [0.5, 0.6) is 5.75 Å². The van der Waals surface area contributed by atoms with Crippen LogP contribution in [0.2, 0.25) is 0 Å². The van der Waals surface area contributed by atoms with E-state index in [0.29, 0.717) is 5.75 Å². The fraction of sp³-hybridized carbons (Fsp3) is 0.450. The van der Waals surface area contributed by atoms with E-state index in [-0.39, 0.29) is 5.97 Å². The van der Waals surface area contributed by atoms with Gasteiger partial charge in [-0.1, -0.05) is 38.0 Å². The van der Waals surface area contributed by atoms with E-state index in [4.69, 9.17) is 4.74 Å². The van der Waals surface area contributed by atoms with Gasteiger partial charge in [0.2, 0.25) is 0 Å². The number of esters is 1. The van der Waals surface area contributed by atoms with E-state index in [1.54, 1.807) is 0 Å². The molecule has 0 heterocycles. The van der Waals surface area contributed by atoms with Gasteiger partial charge in [0.1, 0.15) is 5.41 Å². The third-order valence-corrected chi connectivity index (χ3v) is 4.86. The maximum Gasteiger partial charge on any atom is 0.494 e. The molecule has 124 valence electrons. The summed E-state index contributed by atoms with van der Waals surface area (Å²) in [4.78, 5) is 11.4. The van der Waals surface area contributed by atoms with Gasteiger partial charge in [0.05, 0.1) is 5.39 Å². The van der Waals surface area contributed by atoms with Gasteiger partial charge in [-0.15, -0.1) is 11.8 Å². The molecule has 0 unspecified atom stereocenters. The Bertz CT molecular complexity index is 671. The van der Waals surface area contributed by atoms with Gasteiger partial charge in [-0.3, -0.25) is 4.74 Å². The lowest BCUT2D eigenvalue weighted by Crippen LogP contribution is -2.26. The highest BCUT2D eigenvalue weighted by Crippen LogP contribution is 2.35. The van der Waals surface area contributed by atoms with Crippen LogP contribution in [0.3, 0.4) is 0 Å². The Morgan fingerprint density at radius 3 is 2.39 bits per heavy atom. The molecule has 0 aliphatic heterocycles. The van der Waals surface area contributed by atoms with Crippen molar-refractivity contribution in [2.75, 3.05) is 5.75 Å². The molecule has 2 nitrogen and oxygen atoms in total. The molecule has 23 heavy (non-hydrogen) atoms. The largest absolute Gasteiger partial charge is 0.494 e. The van der Waals surface area contributed by atoms with Crippen molar-refractivity contribution >= 4 is 28.5 Å². The molecule has 2 rings (SSSR count). The van der Waals surface area contributed by atoms with Crippen molar-refractivity contribution in [2.45, 2.75) is 51.9 Å². The molecular weight excluding hydrogens is 304 g/mol. The summed E-state index contributed by atoms with van der Waals surface area (Å²) < 4.78 is 5.75. The van der Waals surface area contributed by atoms with Crippen LogP contribution in [0.1, 0.15) is 47.0 Å². The number of fused-ring (bicyclic) bond motifs is 1. The summed E-state index contributed by atoms with van der Waals surface area (Å²) in [6.45, 7) is 8.03. The van der Waals surface area contributed by atoms with Gasteiger partial charge in [0.25, 0.3) is 5.75 Å². The first-order chi connectivity index (χ1) is 10.9. The third-order valence-electron chi connectivity index (χ3n) is 3.70. The minimum absolute atomic E-state index is 0.0472. The van der Waals surface area contributed by atoms with Gasteiger partial charge < -0.3 is 4.79 Å². The van der Waals surface area contributed by atoms with Crippen LogP contribution < -0.4 is 4.74 Å². The van der Waals surface area contributed by atoms with Crippen molar-refractivity contribution in [3.8, 4) is 5.75 Å². The highest BCUT2D eigenvalue weighted by Gasteiger charge is 2.32. The lowest BCUT2D eigenvalue weighted by molar-refractivity contribution is 0.366. The normalized spacial score (nSPS) is 11.7. The van der Waals surface area contributed by atoms with Crippen molar-refractivity contribution < 1.29 is 9.53 Å². The van der Waals surface area contributed by atoms with E-state index >= 15 is 0 Å². The quantitative estimate of drug-likeness (QED) is 0.212. The standard InChI is InChI=1S/C20H26O2S/c1-5-6-9-14-23-18-13-12-17(22-19(21)20(2,3)4)15-10-7-8-11-16(15)18/h7-8,10-13H,5-6,9,14H2,1-4H3/p+1. The summed E-state index contributed by atoms with van der Waals surface area (Å²) in [6, 6.07) is 12.3. The monoisotopic (exact) mass is 331 g/mol. The summed E-state index contributed by atoms with van der Waals surface area (Å²) >= 11 is 1.90. The van der Waals surface area contributed by atoms with Crippen LogP contribution in [0.4, 0.5) is 0 Å². The molecule has 0 saturated heterocycles. The second-order valence-corrected chi connectivity index (χ2v) is 7.96. The van der Waals surface area contributed by atoms with Gasteiger partial charge >= 0.3 is 5.97 Å². The molecule has 0 amide bonds. The van der Waals surface area contributed by atoms with Crippen LogP contribution in [0, 0.1) is 5.41 Å². The minimum Gasteiger partial charge on any atom is -0.338 e. The molecule has 3 heteroatoms.